The van der Waals surface area contributed by atoms with E-state index in [-0.39, 0.29) is 17.7 Å². The van der Waals surface area contributed by atoms with E-state index in [2.05, 4.69) is 36.1 Å². The SMILES string of the molecule is C[C@@H]1/C=C\CC(NC(=O)/C=C/c2cc(Cl)ccc2-n2cnnn2)c2ncc([nH]2)-c2ccccc2NC(=O)C1. The maximum atomic E-state index is 13.0. The summed E-state index contributed by atoms with van der Waals surface area (Å²) in [6, 6.07) is 12.4. The van der Waals surface area contributed by atoms with Crippen molar-refractivity contribution in [2.75, 3.05) is 5.32 Å². The van der Waals surface area contributed by atoms with Crippen molar-refractivity contribution in [2.24, 2.45) is 5.92 Å². The largest absolute Gasteiger partial charge is 0.342 e. The highest BCUT2D eigenvalue weighted by atomic mass is 35.5. The van der Waals surface area contributed by atoms with Gasteiger partial charge in [0.25, 0.3) is 0 Å². The predicted molar refractivity (Wildman–Crippen MR) is 144 cm³/mol. The number of imidazole rings is 1. The Morgan fingerprint density at radius 3 is 2.95 bits per heavy atom. The molecule has 10 nitrogen and oxygen atoms in total. The smallest absolute Gasteiger partial charge is 0.244 e. The highest BCUT2D eigenvalue weighted by Crippen LogP contribution is 2.29. The molecule has 2 aromatic carbocycles. The molecular formula is C27H25ClN8O2. The number of rotatable bonds is 4. The topological polar surface area (TPSA) is 130 Å². The molecule has 3 heterocycles. The van der Waals surface area contributed by atoms with Gasteiger partial charge in [0.05, 0.1) is 29.3 Å². The normalized spacial score (nSPS) is 18.5. The second kappa shape index (κ2) is 11.2. The van der Waals surface area contributed by atoms with Gasteiger partial charge in [0.15, 0.2) is 0 Å². The molecule has 1 aliphatic rings. The van der Waals surface area contributed by atoms with Crippen molar-refractivity contribution in [1.82, 2.24) is 35.5 Å². The van der Waals surface area contributed by atoms with Gasteiger partial charge in [-0.2, -0.15) is 4.68 Å². The van der Waals surface area contributed by atoms with Gasteiger partial charge in [-0.1, -0.05) is 48.9 Å². The van der Waals surface area contributed by atoms with Crippen molar-refractivity contribution in [3.63, 3.8) is 0 Å². The van der Waals surface area contributed by atoms with Crippen LogP contribution in [0.1, 0.15) is 37.2 Å². The number of hydrogen-bond acceptors (Lipinski definition) is 6. The average Bonchev–Trinajstić information content (AvgIpc) is 3.60. The maximum absolute atomic E-state index is 13.0. The summed E-state index contributed by atoms with van der Waals surface area (Å²) in [6.07, 6.45) is 11.1. The minimum Gasteiger partial charge on any atom is -0.342 e. The molecule has 0 spiro atoms. The molecule has 0 saturated carbocycles. The summed E-state index contributed by atoms with van der Waals surface area (Å²) in [5.74, 6) is 0.263. The van der Waals surface area contributed by atoms with E-state index in [4.69, 9.17) is 11.6 Å². The zero-order chi connectivity index (χ0) is 26.5. The van der Waals surface area contributed by atoms with Crippen LogP contribution in [0.15, 0.2) is 73.2 Å². The number of amides is 2. The Bertz CT molecular complexity index is 1510. The molecule has 2 amide bonds. The van der Waals surface area contributed by atoms with Gasteiger partial charge in [-0.3, -0.25) is 9.59 Å². The van der Waals surface area contributed by atoms with E-state index in [1.165, 1.54) is 17.1 Å². The van der Waals surface area contributed by atoms with Gasteiger partial charge in [0, 0.05) is 28.6 Å². The van der Waals surface area contributed by atoms with Gasteiger partial charge in [0.1, 0.15) is 12.2 Å². The van der Waals surface area contributed by atoms with Crippen LogP contribution in [0.25, 0.3) is 23.0 Å². The van der Waals surface area contributed by atoms with Crippen LogP contribution in [-0.4, -0.2) is 42.0 Å². The zero-order valence-electron chi connectivity index (χ0n) is 20.5. The number of benzene rings is 2. The number of halogens is 1. The molecular weight excluding hydrogens is 504 g/mol. The molecule has 38 heavy (non-hydrogen) atoms. The van der Waals surface area contributed by atoms with Crippen molar-refractivity contribution in [3.05, 3.63) is 89.6 Å². The first-order valence-corrected chi connectivity index (χ1v) is 12.5. The van der Waals surface area contributed by atoms with Gasteiger partial charge < -0.3 is 15.6 Å². The number of H-pyrrole nitrogens is 1. The fraction of sp³-hybridized carbons (Fsp3) is 0.185. The summed E-state index contributed by atoms with van der Waals surface area (Å²) < 4.78 is 1.50. The molecule has 2 aromatic heterocycles. The number of carbonyl (C=O) groups is 2. The third-order valence-electron chi connectivity index (χ3n) is 6.08. The molecule has 5 rings (SSSR count). The number of fused-ring (bicyclic) bond motifs is 4. The van der Waals surface area contributed by atoms with E-state index >= 15 is 0 Å². The summed E-state index contributed by atoms with van der Waals surface area (Å²) in [7, 11) is 0. The Labute approximate surface area is 223 Å². The Morgan fingerprint density at radius 1 is 1.24 bits per heavy atom. The van der Waals surface area contributed by atoms with Crippen LogP contribution in [0.5, 0.6) is 0 Å². The molecule has 11 heteroatoms. The number of carbonyl (C=O) groups excluding carboxylic acids is 2. The lowest BCUT2D eigenvalue weighted by atomic mass is 10.0. The van der Waals surface area contributed by atoms with E-state index in [0.717, 1.165) is 11.3 Å². The molecule has 0 fully saturated rings. The lowest BCUT2D eigenvalue weighted by molar-refractivity contribution is -0.117. The number of para-hydroxylation sites is 1. The number of aromatic nitrogens is 6. The number of tetrazole rings is 1. The molecule has 1 aliphatic heterocycles. The Balaban J connectivity index is 1.41. The molecule has 192 valence electrons. The van der Waals surface area contributed by atoms with E-state index in [9.17, 15) is 9.59 Å². The van der Waals surface area contributed by atoms with Crippen LogP contribution >= 0.6 is 11.6 Å². The Morgan fingerprint density at radius 2 is 2.11 bits per heavy atom. The van der Waals surface area contributed by atoms with Crippen LogP contribution in [0.3, 0.4) is 0 Å². The van der Waals surface area contributed by atoms with E-state index in [1.807, 2.05) is 43.3 Å². The summed E-state index contributed by atoms with van der Waals surface area (Å²) in [5.41, 5.74) is 3.62. The summed E-state index contributed by atoms with van der Waals surface area (Å²) in [6.45, 7) is 1.98. The van der Waals surface area contributed by atoms with Crippen LogP contribution in [0.4, 0.5) is 5.69 Å². The third kappa shape index (κ3) is 5.87. The summed E-state index contributed by atoms with van der Waals surface area (Å²) in [5, 5.41) is 17.8. The second-order valence-corrected chi connectivity index (χ2v) is 9.41. The molecule has 0 radical (unpaired) electrons. The highest BCUT2D eigenvalue weighted by Gasteiger charge is 2.19. The number of allylic oxidation sites excluding steroid dienone is 1. The number of hydrogen-bond donors (Lipinski definition) is 3. The van der Waals surface area contributed by atoms with Crippen LogP contribution in [-0.2, 0) is 9.59 Å². The van der Waals surface area contributed by atoms with Gasteiger partial charge >= 0.3 is 0 Å². The number of aromatic amines is 1. The van der Waals surface area contributed by atoms with Crippen molar-refractivity contribution in [1.29, 1.82) is 0 Å². The fourth-order valence-corrected chi connectivity index (χ4v) is 4.43. The minimum absolute atomic E-state index is 0.0259. The lowest BCUT2D eigenvalue weighted by Gasteiger charge is -2.14. The molecule has 0 aliphatic carbocycles. The number of anilines is 1. The highest BCUT2D eigenvalue weighted by molar-refractivity contribution is 6.30. The standard InChI is InChI=1S/C27H25ClN8O2/c1-17-5-4-8-22(27-29-15-23(33-27)20-6-2-3-7-21(20)31-26(38)13-17)32-25(37)12-9-18-14-19(28)10-11-24(18)36-16-30-34-35-36/h2-7,9-12,14-17,22H,8,13H2,1H3,(H,29,33)(H,31,38)(H,32,37)/b5-4-,12-9+/t17-,22?/m1/s1. The van der Waals surface area contributed by atoms with E-state index in [1.54, 1.807) is 30.5 Å². The Kier molecular flexibility index (Phi) is 7.41. The number of nitrogens with one attached hydrogen (secondary N) is 3. The minimum atomic E-state index is -0.417. The van der Waals surface area contributed by atoms with Crippen molar-refractivity contribution in [3.8, 4) is 16.9 Å². The second-order valence-electron chi connectivity index (χ2n) is 8.97. The predicted octanol–water partition coefficient (Wildman–Crippen LogP) is 4.50. The maximum Gasteiger partial charge on any atom is 0.244 e. The molecule has 1 unspecified atom stereocenters. The van der Waals surface area contributed by atoms with Crippen molar-refractivity contribution in [2.45, 2.75) is 25.8 Å². The first kappa shape index (κ1) is 25.1. The first-order chi connectivity index (χ1) is 18.5. The Hall–Kier alpha value is -4.57. The fourth-order valence-electron chi connectivity index (χ4n) is 4.25. The van der Waals surface area contributed by atoms with Crippen LogP contribution in [0, 0.1) is 5.92 Å². The van der Waals surface area contributed by atoms with Gasteiger partial charge in [-0.15, -0.1) is 5.10 Å². The van der Waals surface area contributed by atoms with Crippen LogP contribution in [0.2, 0.25) is 5.02 Å². The molecule has 2 atom stereocenters. The van der Waals surface area contributed by atoms with Gasteiger partial charge in [-0.05, 0) is 53.1 Å². The molecule has 4 aromatic rings. The zero-order valence-corrected chi connectivity index (χ0v) is 21.3. The third-order valence-corrected chi connectivity index (χ3v) is 6.31. The van der Waals surface area contributed by atoms with Gasteiger partial charge in [-0.25, -0.2) is 4.98 Å². The molecule has 3 N–H and O–H groups in total. The number of nitrogens with zero attached hydrogens (tertiary/aromatic N) is 5. The van der Waals surface area contributed by atoms with E-state index < -0.39 is 6.04 Å². The van der Waals surface area contributed by atoms with E-state index in [0.29, 0.717) is 40.6 Å². The summed E-state index contributed by atoms with van der Waals surface area (Å²) in [4.78, 5) is 33.5. The van der Waals surface area contributed by atoms with Crippen molar-refractivity contribution >= 4 is 35.2 Å². The molecule has 2 bridgehead atoms. The van der Waals surface area contributed by atoms with Crippen LogP contribution < -0.4 is 10.6 Å². The quantitative estimate of drug-likeness (QED) is 0.264. The lowest BCUT2D eigenvalue weighted by Crippen LogP contribution is -2.27. The van der Waals surface area contributed by atoms with Crippen molar-refractivity contribution < 1.29 is 9.59 Å². The summed E-state index contributed by atoms with van der Waals surface area (Å²) >= 11 is 6.19. The first-order valence-electron chi connectivity index (χ1n) is 12.1. The monoisotopic (exact) mass is 528 g/mol. The molecule has 0 saturated heterocycles. The van der Waals surface area contributed by atoms with Gasteiger partial charge in [0.2, 0.25) is 11.8 Å². The average molecular weight is 529 g/mol.